The van der Waals surface area contributed by atoms with E-state index in [-0.39, 0.29) is 23.7 Å². The molecular weight excluding hydrogens is 526 g/mol. The van der Waals surface area contributed by atoms with E-state index < -0.39 is 49.1 Å². The molecule has 3 aromatic carbocycles. The van der Waals surface area contributed by atoms with Crippen molar-refractivity contribution < 1.29 is 49.3 Å². The van der Waals surface area contributed by atoms with E-state index in [4.69, 9.17) is 14.2 Å². The Bertz CT molecular complexity index is 1960. The third-order valence-electron chi connectivity index (χ3n) is 8.07. The normalized spacial score (nSPS) is 25.9. The van der Waals surface area contributed by atoms with Crippen LogP contribution in [0, 0.1) is 0 Å². The van der Waals surface area contributed by atoms with Gasteiger partial charge < -0.3 is 49.3 Å². The Labute approximate surface area is 222 Å². The SMILES string of the molecule is O=C1NC(=O)c2c1c1c3cc4c(cc3[nH]c1c1c2c2cc(O)ccc2n1C1OC(CO)C(O)C(O)C1O)OCO4. The predicted molar refractivity (Wildman–Crippen MR) is 137 cm³/mol. The molecular formula is C27H21N3O10. The second kappa shape index (κ2) is 7.84. The molecule has 1 saturated heterocycles. The lowest BCUT2D eigenvalue weighted by Crippen LogP contribution is -2.56. The lowest BCUT2D eigenvalue weighted by Gasteiger charge is -2.41. The fourth-order valence-corrected chi connectivity index (χ4v) is 6.31. The quantitative estimate of drug-likeness (QED) is 0.155. The lowest BCUT2D eigenvalue weighted by atomic mass is 9.96. The summed E-state index contributed by atoms with van der Waals surface area (Å²) in [5.41, 5.74) is 1.92. The summed E-state index contributed by atoms with van der Waals surface area (Å²) in [6.07, 6.45) is -7.46. The summed E-state index contributed by atoms with van der Waals surface area (Å²) < 4.78 is 18.6. The van der Waals surface area contributed by atoms with E-state index in [0.717, 1.165) is 0 Å². The van der Waals surface area contributed by atoms with Crippen molar-refractivity contribution in [2.75, 3.05) is 13.4 Å². The first-order valence-electron chi connectivity index (χ1n) is 12.5. The summed E-state index contributed by atoms with van der Waals surface area (Å²) in [4.78, 5) is 29.8. The van der Waals surface area contributed by atoms with Crippen LogP contribution in [0.3, 0.4) is 0 Å². The Hall–Kier alpha value is -4.40. The summed E-state index contributed by atoms with van der Waals surface area (Å²) in [5, 5.41) is 56.5. The van der Waals surface area contributed by atoms with Gasteiger partial charge in [-0.2, -0.15) is 0 Å². The molecule has 13 heteroatoms. The largest absolute Gasteiger partial charge is 0.508 e. The van der Waals surface area contributed by atoms with Crippen LogP contribution in [0.15, 0.2) is 30.3 Å². The summed E-state index contributed by atoms with van der Waals surface area (Å²) in [7, 11) is 0. The highest BCUT2D eigenvalue weighted by atomic mass is 16.7. The molecule has 204 valence electrons. The number of aliphatic hydroxyl groups excluding tert-OH is 4. The number of aromatic nitrogens is 2. The molecule has 5 heterocycles. The molecule has 1 fully saturated rings. The van der Waals surface area contributed by atoms with Gasteiger partial charge in [0.2, 0.25) is 6.79 Å². The highest BCUT2D eigenvalue weighted by molar-refractivity contribution is 6.39. The Morgan fingerprint density at radius 3 is 2.38 bits per heavy atom. The van der Waals surface area contributed by atoms with Crippen molar-refractivity contribution in [3.63, 3.8) is 0 Å². The molecule has 0 saturated carbocycles. The van der Waals surface area contributed by atoms with Crippen molar-refractivity contribution in [1.29, 1.82) is 0 Å². The number of carbonyl (C=O) groups is 2. The maximum absolute atomic E-state index is 13.3. The summed E-state index contributed by atoms with van der Waals surface area (Å²) in [5.74, 6) is -0.392. The number of imide groups is 1. The number of ether oxygens (including phenoxy) is 3. The average molecular weight is 547 g/mol. The minimum absolute atomic E-state index is 0.0377. The molecule has 8 rings (SSSR count). The van der Waals surface area contributed by atoms with Crippen molar-refractivity contribution >= 4 is 55.4 Å². The van der Waals surface area contributed by atoms with Crippen LogP contribution in [0.5, 0.6) is 17.2 Å². The topological polar surface area (TPSA) is 196 Å². The second-order valence-corrected chi connectivity index (χ2v) is 10.2. The average Bonchev–Trinajstić information content (AvgIpc) is 3.68. The van der Waals surface area contributed by atoms with Crippen LogP contribution >= 0.6 is 0 Å². The minimum Gasteiger partial charge on any atom is -0.508 e. The molecule has 3 aliphatic heterocycles. The number of rotatable bonds is 2. The Balaban J connectivity index is 1.58. The number of hydrogen-bond acceptors (Lipinski definition) is 10. The van der Waals surface area contributed by atoms with Gasteiger partial charge in [-0.25, -0.2) is 0 Å². The van der Waals surface area contributed by atoms with Gasteiger partial charge in [0.25, 0.3) is 11.8 Å². The number of H-pyrrole nitrogens is 1. The number of aromatic amines is 1. The molecule has 3 aliphatic rings. The summed E-state index contributed by atoms with van der Waals surface area (Å²) in [6, 6.07) is 7.83. The number of nitrogens with zero attached hydrogens (tertiary/aromatic N) is 1. The maximum Gasteiger partial charge on any atom is 0.259 e. The number of phenolic OH excluding ortho intramolecular Hbond substituents is 1. The minimum atomic E-state index is -1.67. The Morgan fingerprint density at radius 1 is 0.900 bits per heavy atom. The molecule has 2 aromatic heterocycles. The number of amides is 2. The summed E-state index contributed by atoms with van der Waals surface area (Å²) >= 11 is 0. The highest BCUT2D eigenvalue weighted by Crippen LogP contribution is 2.48. The van der Waals surface area contributed by atoms with Crippen LogP contribution in [0.4, 0.5) is 0 Å². The van der Waals surface area contributed by atoms with E-state index in [1.807, 2.05) is 0 Å². The molecule has 5 atom stereocenters. The molecule has 13 nitrogen and oxygen atoms in total. The number of aromatic hydroxyl groups is 1. The molecule has 40 heavy (non-hydrogen) atoms. The van der Waals surface area contributed by atoms with Gasteiger partial charge in [0.15, 0.2) is 17.7 Å². The zero-order valence-corrected chi connectivity index (χ0v) is 20.4. The number of aliphatic hydroxyl groups is 4. The van der Waals surface area contributed by atoms with E-state index in [1.165, 1.54) is 12.1 Å². The number of phenols is 1. The van der Waals surface area contributed by atoms with Gasteiger partial charge in [0.05, 0.1) is 39.8 Å². The standard InChI is InChI=1S/C27H21N3O10/c31-6-15-22(33)23(34)24(35)27(40-15)30-12-2-1-8(32)3-10(12)17-19-18(25(36)29-26(19)37)16-9-4-13-14(39-7-38-13)5-11(9)28-20(16)21(17)30/h1-5,15,22-24,27-28,31-35H,6-7H2,(H,29,36,37). The molecule has 7 N–H and O–H groups in total. The molecule has 5 unspecified atom stereocenters. The van der Waals surface area contributed by atoms with Crippen LogP contribution in [0.1, 0.15) is 26.9 Å². The first kappa shape index (κ1) is 23.5. The third kappa shape index (κ3) is 2.82. The van der Waals surface area contributed by atoms with Crippen LogP contribution in [0.2, 0.25) is 0 Å². The molecule has 5 aromatic rings. The van der Waals surface area contributed by atoms with E-state index in [9.17, 15) is 35.1 Å². The van der Waals surface area contributed by atoms with Crippen LogP contribution in [0.25, 0.3) is 43.6 Å². The molecule has 0 bridgehead atoms. The smallest absolute Gasteiger partial charge is 0.259 e. The first-order valence-corrected chi connectivity index (χ1v) is 12.5. The molecule has 0 radical (unpaired) electrons. The van der Waals surface area contributed by atoms with Gasteiger partial charge in [-0.1, -0.05) is 0 Å². The van der Waals surface area contributed by atoms with Gasteiger partial charge >= 0.3 is 0 Å². The Morgan fingerprint density at radius 2 is 1.62 bits per heavy atom. The number of benzene rings is 3. The number of fused-ring (bicyclic) bond motifs is 11. The van der Waals surface area contributed by atoms with Crippen molar-refractivity contribution in [2.24, 2.45) is 0 Å². The fraction of sp³-hybridized carbons (Fsp3) is 0.259. The molecule has 0 spiro atoms. The first-order chi connectivity index (χ1) is 19.3. The lowest BCUT2D eigenvalue weighted by molar-refractivity contribution is -0.249. The summed E-state index contributed by atoms with van der Waals surface area (Å²) in [6.45, 7) is -0.602. The second-order valence-electron chi connectivity index (χ2n) is 10.2. The van der Waals surface area contributed by atoms with Gasteiger partial charge in [-0.05, 0) is 24.3 Å². The number of carbonyl (C=O) groups excluding carboxylic acids is 2. The zero-order valence-electron chi connectivity index (χ0n) is 20.4. The van der Waals surface area contributed by atoms with Gasteiger partial charge in [0.1, 0.15) is 30.2 Å². The molecule has 0 aliphatic carbocycles. The predicted octanol–water partition coefficient (Wildman–Crippen LogP) is 0.719. The Kier molecular flexibility index (Phi) is 4.60. The maximum atomic E-state index is 13.3. The van der Waals surface area contributed by atoms with Crippen LogP contribution in [-0.4, -0.2) is 84.7 Å². The van der Waals surface area contributed by atoms with Crippen LogP contribution < -0.4 is 14.8 Å². The zero-order chi connectivity index (χ0) is 27.6. The fourth-order valence-electron chi connectivity index (χ4n) is 6.31. The van der Waals surface area contributed by atoms with Crippen molar-refractivity contribution in [1.82, 2.24) is 14.9 Å². The number of nitrogens with one attached hydrogen (secondary N) is 2. The highest BCUT2D eigenvalue weighted by Gasteiger charge is 2.46. The third-order valence-corrected chi connectivity index (χ3v) is 8.07. The molecule has 2 amide bonds. The van der Waals surface area contributed by atoms with Crippen molar-refractivity contribution in [3.8, 4) is 17.2 Å². The van der Waals surface area contributed by atoms with E-state index in [2.05, 4.69) is 10.3 Å². The van der Waals surface area contributed by atoms with Crippen molar-refractivity contribution in [2.45, 2.75) is 30.6 Å². The van der Waals surface area contributed by atoms with E-state index >= 15 is 0 Å². The van der Waals surface area contributed by atoms with E-state index in [0.29, 0.717) is 55.1 Å². The van der Waals surface area contributed by atoms with E-state index in [1.54, 1.807) is 22.8 Å². The monoisotopic (exact) mass is 547 g/mol. The van der Waals surface area contributed by atoms with Crippen LogP contribution in [-0.2, 0) is 4.74 Å². The van der Waals surface area contributed by atoms with Gasteiger partial charge in [0, 0.05) is 27.6 Å². The number of hydrogen-bond donors (Lipinski definition) is 7. The van der Waals surface area contributed by atoms with Crippen molar-refractivity contribution in [3.05, 3.63) is 41.5 Å². The van der Waals surface area contributed by atoms with Gasteiger partial charge in [-0.3, -0.25) is 14.9 Å². The van der Waals surface area contributed by atoms with Gasteiger partial charge in [-0.15, -0.1) is 0 Å².